The van der Waals surface area contributed by atoms with Crippen molar-refractivity contribution in [2.75, 3.05) is 0 Å². The zero-order valence-corrected chi connectivity index (χ0v) is 10.2. The summed E-state index contributed by atoms with van der Waals surface area (Å²) in [5.41, 5.74) is 2.49. The van der Waals surface area contributed by atoms with Crippen molar-refractivity contribution in [1.82, 2.24) is 4.98 Å². The van der Waals surface area contributed by atoms with Gasteiger partial charge in [0.05, 0.1) is 5.69 Å². The molecule has 2 rings (SSSR count). The van der Waals surface area contributed by atoms with Gasteiger partial charge >= 0.3 is 0 Å². The van der Waals surface area contributed by atoms with E-state index in [1.807, 2.05) is 6.92 Å². The first-order chi connectivity index (χ1) is 7.74. The molecule has 1 aliphatic carbocycles. The van der Waals surface area contributed by atoms with Gasteiger partial charge in [-0.05, 0) is 26.7 Å². The number of aromatic nitrogens is 1. The molecule has 1 heterocycles. The molecule has 2 heteroatoms. The fraction of sp³-hybridized carbons (Fsp3) is 0.357. The molecule has 1 aromatic heterocycles. The molecule has 0 aromatic carbocycles. The number of aryl methyl sites for hydroxylation is 2. The minimum atomic E-state index is 0.938. The molecule has 1 aliphatic rings. The summed E-state index contributed by atoms with van der Waals surface area (Å²) in [6.07, 6.45) is 14.0. The molecule has 0 aliphatic heterocycles. The van der Waals surface area contributed by atoms with E-state index in [1.165, 1.54) is 12.0 Å². The zero-order valence-electron chi connectivity index (χ0n) is 10.2. The highest BCUT2D eigenvalue weighted by atomic mass is 16.3. The van der Waals surface area contributed by atoms with E-state index in [1.54, 1.807) is 0 Å². The summed E-state index contributed by atoms with van der Waals surface area (Å²) in [4.78, 5) is 3.97. The molecule has 86 valence electrons. The van der Waals surface area contributed by atoms with Crippen molar-refractivity contribution >= 4 is 0 Å². The third kappa shape index (κ3) is 4.30. The molecular formula is C14H19NO. The van der Waals surface area contributed by atoms with Gasteiger partial charge in [-0.1, -0.05) is 42.9 Å². The van der Waals surface area contributed by atoms with Crippen LogP contribution in [0.1, 0.15) is 31.7 Å². The molecule has 0 amide bonds. The van der Waals surface area contributed by atoms with Gasteiger partial charge in [-0.2, -0.15) is 0 Å². The Balaban J connectivity index is 0.000000160. The molecule has 0 saturated heterocycles. The standard InChI is InChI=1S/C8H10.C6H9NO/c1-8-6-4-2-3-5-7-8;1-3-6-5(2)8-4-7-6/h2-6H,7H2,1H3;4H,3H2,1-2H3. The topological polar surface area (TPSA) is 26.0 Å². The number of nitrogens with zero attached hydrogens (tertiary/aromatic N) is 1. The summed E-state index contributed by atoms with van der Waals surface area (Å²) >= 11 is 0. The highest BCUT2D eigenvalue weighted by Gasteiger charge is 1.96. The highest BCUT2D eigenvalue weighted by molar-refractivity contribution is 5.21. The monoisotopic (exact) mass is 217 g/mol. The van der Waals surface area contributed by atoms with Crippen LogP contribution in [0.15, 0.2) is 46.8 Å². The van der Waals surface area contributed by atoms with Crippen molar-refractivity contribution in [3.63, 3.8) is 0 Å². The normalized spacial score (nSPS) is 13.8. The van der Waals surface area contributed by atoms with Crippen molar-refractivity contribution in [3.8, 4) is 0 Å². The van der Waals surface area contributed by atoms with E-state index in [0.29, 0.717) is 0 Å². The van der Waals surface area contributed by atoms with E-state index in [9.17, 15) is 0 Å². The molecule has 0 N–H and O–H groups in total. The number of rotatable bonds is 1. The van der Waals surface area contributed by atoms with Gasteiger partial charge in [-0.3, -0.25) is 0 Å². The second-order valence-electron chi connectivity index (χ2n) is 3.74. The molecule has 2 nitrogen and oxygen atoms in total. The van der Waals surface area contributed by atoms with Crippen LogP contribution in [0.3, 0.4) is 0 Å². The van der Waals surface area contributed by atoms with Crippen molar-refractivity contribution in [2.45, 2.75) is 33.6 Å². The summed E-state index contributed by atoms with van der Waals surface area (Å²) in [5, 5.41) is 0. The Labute approximate surface area is 97.4 Å². The van der Waals surface area contributed by atoms with Crippen LogP contribution in [0.25, 0.3) is 0 Å². The Kier molecular flexibility index (Phi) is 5.34. The first-order valence-corrected chi connectivity index (χ1v) is 5.62. The molecule has 0 radical (unpaired) electrons. The predicted octanol–water partition coefficient (Wildman–Crippen LogP) is 3.99. The van der Waals surface area contributed by atoms with E-state index in [-0.39, 0.29) is 0 Å². The number of hydrogen-bond acceptors (Lipinski definition) is 2. The van der Waals surface area contributed by atoms with E-state index in [4.69, 9.17) is 4.42 Å². The fourth-order valence-corrected chi connectivity index (χ4v) is 1.35. The third-order valence-corrected chi connectivity index (χ3v) is 2.36. The fourth-order valence-electron chi connectivity index (χ4n) is 1.35. The molecule has 0 unspecified atom stereocenters. The molecule has 0 fully saturated rings. The van der Waals surface area contributed by atoms with Crippen molar-refractivity contribution in [1.29, 1.82) is 0 Å². The van der Waals surface area contributed by atoms with Crippen LogP contribution in [0.4, 0.5) is 0 Å². The molecule has 0 atom stereocenters. The first-order valence-electron chi connectivity index (χ1n) is 5.62. The largest absolute Gasteiger partial charge is 0.449 e. The summed E-state index contributed by atoms with van der Waals surface area (Å²) < 4.78 is 4.94. The van der Waals surface area contributed by atoms with E-state index in [2.05, 4.69) is 49.2 Å². The second-order valence-corrected chi connectivity index (χ2v) is 3.74. The maximum Gasteiger partial charge on any atom is 0.181 e. The lowest BCUT2D eigenvalue weighted by Crippen LogP contribution is -1.79. The van der Waals surface area contributed by atoms with Gasteiger partial charge in [0.25, 0.3) is 0 Å². The number of hydrogen-bond donors (Lipinski definition) is 0. The van der Waals surface area contributed by atoms with Crippen molar-refractivity contribution < 1.29 is 4.42 Å². The van der Waals surface area contributed by atoms with E-state index >= 15 is 0 Å². The van der Waals surface area contributed by atoms with Gasteiger partial charge in [0.2, 0.25) is 0 Å². The van der Waals surface area contributed by atoms with Crippen LogP contribution < -0.4 is 0 Å². The second kappa shape index (κ2) is 6.83. The number of oxazole rings is 1. The minimum Gasteiger partial charge on any atom is -0.449 e. The van der Waals surface area contributed by atoms with Gasteiger partial charge in [-0.15, -0.1) is 0 Å². The van der Waals surface area contributed by atoms with Crippen LogP contribution in [0.2, 0.25) is 0 Å². The maximum absolute atomic E-state index is 4.94. The maximum atomic E-state index is 4.94. The Morgan fingerprint density at radius 2 is 2.06 bits per heavy atom. The lowest BCUT2D eigenvalue weighted by molar-refractivity contribution is 0.524. The average Bonchev–Trinajstić information content (AvgIpc) is 2.54. The zero-order chi connectivity index (χ0) is 11.8. The third-order valence-electron chi connectivity index (χ3n) is 2.36. The summed E-state index contributed by atoms with van der Waals surface area (Å²) in [7, 11) is 0. The summed E-state index contributed by atoms with van der Waals surface area (Å²) in [6.45, 7) is 6.12. The van der Waals surface area contributed by atoms with Crippen LogP contribution >= 0.6 is 0 Å². The van der Waals surface area contributed by atoms with Gasteiger partial charge in [0.1, 0.15) is 5.76 Å². The lowest BCUT2D eigenvalue weighted by Gasteiger charge is -1.86. The minimum absolute atomic E-state index is 0.938. The smallest absolute Gasteiger partial charge is 0.181 e. The van der Waals surface area contributed by atoms with E-state index < -0.39 is 0 Å². The van der Waals surface area contributed by atoms with Gasteiger partial charge in [-0.25, -0.2) is 4.98 Å². The average molecular weight is 217 g/mol. The summed E-state index contributed by atoms with van der Waals surface area (Å²) in [6, 6.07) is 0. The Morgan fingerprint density at radius 3 is 2.62 bits per heavy atom. The molecule has 16 heavy (non-hydrogen) atoms. The SMILES string of the molecule is CC1=CC=CC=CC1.CCc1ncoc1C. The predicted molar refractivity (Wildman–Crippen MR) is 67.3 cm³/mol. The van der Waals surface area contributed by atoms with Gasteiger partial charge in [0, 0.05) is 0 Å². The van der Waals surface area contributed by atoms with Crippen LogP contribution in [-0.4, -0.2) is 4.98 Å². The quantitative estimate of drug-likeness (QED) is 0.710. The lowest BCUT2D eigenvalue weighted by atomic mass is 10.2. The molecule has 0 spiro atoms. The van der Waals surface area contributed by atoms with Crippen LogP contribution in [-0.2, 0) is 6.42 Å². The molecule has 1 aromatic rings. The molecule has 0 saturated carbocycles. The Hall–Kier alpha value is -1.57. The number of allylic oxidation sites excluding steroid dienone is 6. The van der Waals surface area contributed by atoms with E-state index in [0.717, 1.165) is 24.3 Å². The Bertz CT molecular complexity index is 397. The van der Waals surface area contributed by atoms with Gasteiger partial charge < -0.3 is 4.42 Å². The molecule has 0 bridgehead atoms. The van der Waals surface area contributed by atoms with Gasteiger partial charge in [0.15, 0.2) is 6.39 Å². The van der Waals surface area contributed by atoms with Crippen molar-refractivity contribution in [3.05, 3.63) is 53.8 Å². The van der Waals surface area contributed by atoms with Crippen molar-refractivity contribution in [2.24, 2.45) is 0 Å². The Morgan fingerprint density at radius 1 is 1.25 bits per heavy atom. The summed E-state index contributed by atoms with van der Waals surface area (Å²) in [5.74, 6) is 0.938. The highest BCUT2D eigenvalue weighted by Crippen LogP contribution is 2.04. The molecular weight excluding hydrogens is 198 g/mol. The first kappa shape index (κ1) is 12.5. The van der Waals surface area contributed by atoms with Crippen LogP contribution in [0.5, 0.6) is 0 Å². The van der Waals surface area contributed by atoms with Crippen LogP contribution in [0, 0.1) is 6.92 Å².